The fraction of sp³-hybridized carbons (Fsp3) is 1.00. The highest BCUT2D eigenvalue weighted by Gasteiger charge is 2.22. The van der Waals surface area contributed by atoms with Crippen molar-refractivity contribution in [1.29, 1.82) is 0 Å². The van der Waals surface area contributed by atoms with Crippen molar-refractivity contribution in [1.82, 2.24) is 0 Å². The van der Waals surface area contributed by atoms with Gasteiger partial charge in [0.1, 0.15) is 0 Å². The van der Waals surface area contributed by atoms with Crippen LogP contribution in [0, 0.1) is 0 Å². The maximum absolute atomic E-state index is 2.40. The van der Waals surface area contributed by atoms with Crippen LogP contribution in [0.3, 0.4) is 0 Å². The lowest BCUT2D eigenvalue weighted by atomic mass is 9.98. The number of quaternary nitrogens is 1. The summed E-state index contributed by atoms with van der Waals surface area (Å²) in [7, 11) is 7.21. The van der Waals surface area contributed by atoms with E-state index in [0.29, 0.717) is 0 Å². The Balaban J connectivity index is 0. The summed E-state index contributed by atoms with van der Waals surface area (Å²) in [5.41, 5.74) is 0. The van der Waals surface area contributed by atoms with E-state index >= 15 is 0 Å². The average Bonchev–Trinajstić information content (AvgIpc) is 2.56. The fourth-order valence-corrected chi connectivity index (χ4v) is 3.95. The minimum Gasteiger partial charge on any atom is -1.00 e. The molecule has 160 valence electrons. The Morgan fingerprint density at radius 2 is 0.731 bits per heavy atom. The van der Waals surface area contributed by atoms with Gasteiger partial charge in [-0.2, -0.15) is 0 Å². The maximum Gasteiger partial charge on any atom is 0.0884 e. The summed E-state index contributed by atoms with van der Waals surface area (Å²) >= 11 is 0. The van der Waals surface area contributed by atoms with Crippen molar-refractivity contribution in [3.8, 4) is 0 Å². The smallest absolute Gasteiger partial charge is 0.0884 e. The van der Waals surface area contributed by atoms with Crippen LogP contribution < -0.4 is 12.4 Å². The topological polar surface area (TPSA) is 0 Å². The van der Waals surface area contributed by atoms with Crippen molar-refractivity contribution in [3.63, 3.8) is 0 Å². The molecular weight excluding hydrogens is 338 g/mol. The van der Waals surface area contributed by atoms with Crippen molar-refractivity contribution in [3.05, 3.63) is 0 Å². The van der Waals surface area contributed by atoms with Gasteiger partial charge in [-0.3, -0.25) is 0 Å². The molecule has 0 unspecified atom stereocenters. The highest BCUT2D eigenvalue weighted by atomic mass is 35.5. The van der Waals surface area contributed by atoms with Crippen LogP contribution in [0.4, 0.5) is 0 Å². The van der Waals surface area contributed by atoms with Gasteiger partial charge >= 0.3 is 0 Å². The molecular formula is C24H52ClN. The van der Waals surface area contributed by atoms with Crippen LogP contribution >= 0.6 is 0 Å². The molecule has 0 atom stereocenters. The molecule has 0 rings (SSSR count). The molecule has 0 aromatic carbocycles. The molecule has 2 heteroatoms. The molecule has 0 aliphatic carbocycles. The molecule has 0 N–H and O–H groups in total. The summed E-state index contributed by atoms with van der Waals surface area (Å²) in [6.45, 7) is 4.61. The minimum atomic E-state index is 0. The van der Waals surface area contributed by atoms with Crippen LogP contribution in [0.25, 0.3) is 0 Å². The predicted octanol–water partition coefficient (Wildman–Crippen LogP) is 5.13. The Bertz CT molecular complexity index is 239. The number of hydrogen-bond donors (Lipinski definition) is 0. The highest BCUT2D eigenvalue weighted by Crippen LogP contribution is 2.20. The quantitative estimate of drug-likeness (QED) is 0.212. The monoisotopic (exact) mass is 389 g/mol. The van der Waals surface area contributed by atoms with Crippen molar-refractivity contribution in [2.75, 3.05) is 21.1 Å². The zero-order valence-electron chi connectivity index (χ0n) is 19.1. The Labute approximate surface area is 173 Å². The summed E-state index contributed by atoms with van der Waals surface area (Å²) in [6.07, 6.45) is 26.0. The van der Waals surface area contributed by atoms with Crippen LogP contribution in [0.5, 0.6) is 0 Å². The lowest BCUT2D eigenvalue weighted by Crippen LogP contribution is -3.00. The normalized spacial score (nSPS) is 11.8. The zero-order chi connectivity index (χ0) is 18.8. The summed E-state index contributed by atoms with van der Waals surface area (Å²) in [6, 6.07) is 0.875. The molecule has 0 spiro atoms. The third-order valence-corrected chi connectivity index (χ3v) is 5.88. The molecule has 1 nitrogen and oxygen atoms in total. The van der Waals surface area contributed by atoms with Gasteiger partial charge in [-0.1, -0.05) is 104 Å². The third-order valence-electron chi connectivity index (χ3n) is 5.88. The minimum absolute atomic E-state index is 0. The lowest BCUT2D eigenvalue weighted by molar-refractivity contribution is -0.896. The lowest BCUT2D eigenvalue weighted by Gasteiger charge is -2.34. The molecule has 0 saturated heterocycles. The van der Waals surface area contributed by atoms with E-state index in [9.17, 15) is 0 Å². The second-order valence-electron chi connectivity index (χ2n) is 9.30. The van der Waals surface area contributed by atoms with Gasteiger partial charge in [-0.15, -0.1) is 0 Å². The Morgan fingerprint density at radius 3 is 1.00 bits per heavy atom. The molecule has 0 fully saturated rings. The Kier molecular flexibility index (Phi) is 21.9. The number of unbranched alkanes of at least 4 members (excludes halogenated alkanes) is 14. The van der Waals surface area contributed by atoms with E-state index in [4.69, 9.17) is 0 Å². The molecule has 0 amide bonds. The van der Waals surface area contributed by atoms with Gasteiger partial charge in [0.05, 0.1) is 27.2 Å². The molecule has 0 aromatic rings. The van der Waals surface area contributed by atoms with Gasteiger partial charge in [0.2, 0.25) is 0 Å². The van der Waals surface area contributed by atoms with Gasteiger partial charge in [0.25, 0.3) is 0 Å². The number of hydrogen-bond acceptors (Lipinski definition) is 0. The molecule has 26 heavy (non-hydrogen) atoms. The molecule has 0 aliphatic rings. The molecule has 0 bridgehead atoms. The van der Waals surface area contributed by atoms with E-state index in [1.807, 2.05) is 0 Å². The van der Waals surface area contributed by atoms with Crippen molar-refractivity contribution < 1.29 is 16.9 Å². The Hall–Kier alpha value is 0.250. The van der Waals surface area contributed by atoms with Crippen molar-refractivity contribution in [2.45, 2.75) is 135 Å². The summed E-state index contributed by atoms with van der Waals surface area (Å²) in [4.78, 5) is 0. The van der Waals surface area contributed by atoms with E-state index in [-0.39, 0.29) is 12.4 Å². The van der Waals surface area contributed by atoms with E-state index in [1.54, 1.807) is 0 Å². The first kappa shape index (κ1) is 28.5. The summed E-state index contributed by atoms with van der Waals surface area (Å²) < 4.78 is 1.16. The first-order valence-corrected chi connectivity index (χ1v) is 11.8. The largest absolute Gasteiger partial charge is 1.00 e. The van der Waals surface area contributed by atoms with E-state index in [1.165, 1.54) is 116 Å². The first-order chi connectivity index (χ1) is 12.0. The second kappa shape index (κ2) is 20.0. The third kappa shape index (κ3) is 19.0. The van der Waals surface area contributed by atoms with Crippen LogP contribution in [0.1, 0.15) is 129 Å². The molecule has 0 radical (unpaired) electrons. The predicted molar refractivity (Wildman–Crippen MR) is 116 cm³/mol. The van der Waals surface area contributed by atoms with Crippen LogP contribution in [0.2, 0.25) is 0 Å². The van der Waals surface area contributed by atoms with Gasteiger partial charge in [-0.05, 0) is 25.7 Å². The second-order valence-corrected chi connectivity index (χ2v) is 9.30. The molecule has 0 aromatic heterocycles. The van der Waals surface area contributed by atoms with Crippen LogP contribution in [-0.2, 0) is 0 Å². The average molecular weight is 390 g/mol. The highest BCUT2D eigenvalue weighted by molar-refractivity contribution is 4.60. The Morgan fingerprint density at radius 1 is 0.462 bits per heavy atom. The number of halogens is 1. The van der Waals surface area contributed by atoms with Crippen LogP contribution in [0.15, 0.2) is 0 Å². The molecule has 0 saturated carbocycles. The van der Waals surface area contributed by atoms with E-state index < -0.39 is 0 Å². The van der Waals surface area contributed by atoms with Gasteiger partial charge < -0.3 is 16.9 Å². The number of rotatable bonds is 19. The first-order valence-electron chi connectivity index (χ1n) is 11.8. The van der Waals surface area contributed by atoms with Gasteiger partial charge in [0.15, 0.2) is 0 Å². The number of nitrogens with zero attached hydrogens (tertiary/aromatic N) is 1. The molecule has 0 aliphatic heterocycles. The standard InChI is InChI=1S/C24H52N.ClH/c1-6-8-10-12-14-16-18-20-22-24(25(3,4)5)23-21-19-17-15-13-11-9-7-2;/h24H,6-23H2,1-5H3;1H/q+1;/p-1. The SMILES string of the molecule is CCCCCCCCCCC(CCCCCCCCCC)[N+](C)(C)C.[Cl-]. The maximum atomic E-state index is 2.40. The van der Waals surface area contributed by atoms with E-state index in [2.05, 4.69) is 35.0 Å². The van der Waals surface area contributed by atoms with Crippen molar-refractivity contribution in [2.24, 2.45) is 0 Å². The fourth-order valence-electron chi connectivity index (χ4n) is 3.95. The summed E-state index contributed by atoms with van der Waals surface area (Å²) in [5.74, 6) is 0. The van der Waals surface area contributed by atoms with Crippen LogP contribution in [-0.4, -0.2) is 31.7 Å². The van der Waals surface area contributed by atoms with Gasteiger partial charge in [0, 0.05) is 0 Å². The molecule has 0 heterocycles. The van der Waals surface area contributed by atoms with E-state index in [0.717, 1.165) is 10.5 Å². The van der Waals surface area contributed by atoms with Crippen molar-refractivity contribution >= 4 is 0 Å². The zero-order valence-corrected chi connectivity index (χ0v) is 19.9. The summed E-state index contributed by atoms with van der Waals surface area (Å²) in [5, 5.41) is 0. The van der Waals surface area contributed by atoms with Gasteiger partial charge in [-0.25, -0.2) is 0 Å².